The number of rotatable bonds is 4. The van der Waals surface area contributed by atoms with E-state index in [9.17, 15) is 0 Å². The standard InChI is InChI=1S/C18H18N6/c1-12-9-15(21-20-12)10-13(2)24-11-18(22-23-24)17-8-7-14-5-3-4-6-16(14)19-17/h3-9,11,13H,10H2,1-2H3,(H,20,21)/t13-/m0/s1. The zero-order valence-electron chi connectivity index (χ0n) is 13.6. The molecule has 0 saturated heterocycles. The molecular formula is C18H18N6. The molecule has 0 aliphatic heterocycles. The lowest BCUT2D eigenvalue weighted by Crippen LogP contribution is -2.09. The Morgan fingerprint density at radius 1 is 1.12 bits per heavy atom. The number of pyridine rings is 1. The van der Waals surface area contributed by atoms with Crippen molar-refractivity contribution in [3.05, 3.63) is 60.0 Å². The number of hydrogen-bond donors (Lipinski definition) is 1. The Balaban J connectivity index is 1.58. The summed E-state index contributed by atoms with van der Waals surface area (Å²) >= 11 is 0. The predicted octanol–water partition coefficient (Wildman–Crippen LogP) is 3.33. The molecule has 0 unspecified atom stereocenters. The summed E-state index contributed by atoms with van der Waals surface area (Å²) in [4.78, 5) is 4.67. The SMILES string of the molecule is Cc1cc(C[C@H](C)n2cc(-c3ccc4ccccc4n3)nn2)n[nH]1. The number of fused-ring (bicyclic) bond motifs is 1. The summed E-state index contributed by atoms with van der Waals surface area (Å²) in [7, 11) is 0. The Morgan fingerprint density at radius 2 is 2.00 bits per heavy atom. The van der Waals surface area contributed by atoms with E-state index in [1.54, 1.807) is 0 Å². The molecule has 0 amide bonds. The first-order valence-corrected chi connectivity index (χ1v) is 7.98. The summed E-state index contributed by atoms with van der Waals surface area (Å²) in [5, 5.41) is 16.9. The molecule has 1 atom stereocenters. The van der Waals surface area contributed by atoms with Gasteiger partial charge in [0.1, 0.15) is 5.69 Å². The Bertz CT molecular complexity index is 984. The van der Waals surface area contributed by atoms with Crippen LogP contribution in [-0.4, -0.2) is 30.2 Å². The summed E-state index contributed by atoms with van der Waals surface area (Å²) in [6.07, 6.45) is 2.75. The van der Waals surface area contributed by atoms with Crippen molar-refractivity contribution in [1.82, 2.24) is 30.2 Å². The van der Waals surface area contributed by atoms with Crippen LogP contribution in [0.2, 0.25) is 0 Å². The van der Waals surface area contributed by atoms with Gasteiger partial charge in [0.2, 0.25) is 0 Å². The molecule has 120 valence electrons. The fourth-order valence-electron chi connectivity index (χ4n) is 2.79. The molecule has 0 saturated carbocycles. The van der Waals surface area contributed by atoms with Crippen molar-refractivity contribution in [2.45, 2.75) is 26.3 Å². The number of nitrogens with one attached hydrogen (secondary N) is 1. The van der Waals surface area contributed by atoms with Gasteiger partial charge in [0.25, 0.3) is 0 Å². The molecule has 4 rings (SSSR count). The molecule has 0 bridgehead atoms. The average Bonchev–Trinajstić information content (AvgIpc) is 3.24. The first-order valence-electron chi connectivity index (χ1n) is 7.98. The molecule has 6 heteroatoms. The molecule has 6 nitrogen and oxygen atoms in total. The minimum Gasteiger partial charge on any atom is -0.283 e. The van der Waals surface area contributed by atoms with E-state index < -0.39 is 0 Å². The molecule has 0 fully saturated rings. The third-order valence-corrected chi connectivity index (χ3v) is 4.09. The van der Waals surface area contributed by atoms with Crippen LogP contribution in [0, 0.1) is 6.92 Å². The maximum atomic E-state index is 4.67. The number of para-hydroxylation sites is 1. The lowest BCUT2D eigenvalue weighted by atomic mass is 10.1. The fraction of sp³-hybridized carbons (Fsp3) is 0.222. The highest BCUT2D eigenvalue weighted by Gasteiger charge is 2.12. The van der Waals surface area contributed by atoms with Gasteiger partial charge in [0, 0.05) is 17.5 Å². The molecule has 0 radical (unpaired) electrons. The van der Waals surface area contributed by atoms with Crippen molar-refractivity contribution in [1.29, 1.82) is 0 Å². The minimum atomic E-state index is 0.175. The largest absolute Gasteiger partial charge is 0.283 e. The second-order valence-corrected chi connectivity index (χ2v) is 6.07. The highest BCUT2D eigenvalue weighted by Crippen LogP contribution is 2.20. The van der Waals surface area contributed by atoms with Gasteiger partial charge in [-0.3, -0.25) is 5.10 Å². The lowest BCUT2D eigenvalue weighted by Gasteiger charge is -2.08. The topological polar surface area (TPSA) is 72.3 Å². The van der Waals surface area contributed by atoms with Crippen LogP contribution < -0.4 is 0 Å². The number of aromatic amines is 1. The number of aryl methyl sites for hydroxylation is 1. The number of benzene rings is 1. The summed E-state index contributed by atoms with van der Waals surface area (Å²) in [6, 6.07) is 14.3. The maximum absolute atomic E-state index is 4.67. The average molecular weight is 318 g/mol. The molecular weight excluding hydrogens is 300 g/mol. The van der Waals surface area contributed by atoms with Gasteiger partial charge in [-0.25, -0.2) is 9.67 Å². The van der Waals surface area contributed by atoms with Gasteiger partial charge in [0.15, 0.2) is 0 Å². The van der Waals surface area contributed by atoms with Gasteiger partial charge in [-0.05, 0) is 32.0 Å². The van der Waals surface area contributed by atoms with E-state index in [-0.39, 0.29) is 6.04 Å². The quantitative estimate of drug-likeness (QED) is 0.626. The molecule has 1 N–H and O–H groups in total. The van der Waals surface area contributed by atoms with Gasteiger partial charge in [-0.1, -0.05) is 29.5 Å². The lowest BCUT2D eigenvalue weighted by molar-refractivity contribution is 0.470. The zero-order chi connectivity index (χ0) is 16.5. The first kappa shape index (κ1) is 14.6. The van der Waals surface area contributed by atoms with Gasteiger partial charge in [-0.2, -0.15) is 5.10 Å². The van der Waals surface area contributed by atoms with Crippen molar-refractivity contribution in [2.24, 2.45) is 0 Å². The van der Waals surface area contributed by atoms with Crippen molar-refractivity contribution in [2.75, 3.05) is 0 Å². The summed E-state index contributed by atoms with van der Waals surface area (Å²) in [5.41, 5.74) is 4.68. The molecule has 1 aromatic carbocycles. The van der Waals surface area contributed by atoms with Crippen LogP contribution >= 0.6 is 0 Å². The molecule has 4 aromatic rings. The third-order valence-electron chi connectivity index (χ3n) is 4.09. The van der Waals surface area contributed by atoms with Crippen LogP contribution in [-0.2, 0) is 6.42 Å². The monoisotopic (exact) mass is 318 g/mol. The van der Waals surface area contributed by atoms with Crippen LogP contribution in [0.3, 0.4) is 0 Å². The second-order valence-electron chi connectivity index (χ2n) is 6.07. The van der Waals surface area contributed by atoms with Crippen molar-refractivity contribution >= 4 is 10.9 Å². The van der Waals surface area contributed by atoms with Crippen LogP contribution in [0.15, 0.2) is 48.7 Å². The molecule has 3 heterocycles. The number of hydrogen-bond acceptors (Lipinski definition) is 4. The van der Waals surface area contributed by atoms with E-state index in [1.807, 2.05) is 42.1 Å². The van der Waals surface area contributed by atoms with Gasteiger partial charge >= 0.3 is 0 Å². The Kier molecular flexibility index (Phi) is 3.57. The summed E-state index contributed by atoms with van der Waals surface area (Å²) < 4.78 is 1.87. The highest BCUT2D eigenvalue weighted by atomic mass is 15.4. The summed E-state index contributed by atoms with van der Waals surface area (Å²) in [6.45, 7) is 4.11. The van der Waals surface area contributed by atoms with E-state index >= 15 is 0 Å². The van der Waals surface area contributed by atoms with Crippen LogP contribution in [0.25, 0.3) is 22.3 Å². The van der Waals surface area contributed by atoms with E-state index in [1.165, 1.54) is 0 Å². The first-order chi connectivity index (χ1) is 11.7. The number of aromatic nitrogens is 6. The normalized spacial score (nSPS) is 12.6. The molecule has 24 heavy (non-hydrogen) atoms. The second kappa shape index (κ2) is 5.88. The van der Waals surface area contributed by atoms with Gasteiger partial charge in [-0.15, -0.1) is 5.10 Å². The summed E-state index contributed by atoms with van der Waals surface area (Å²) in [5.74, 6) is 0. The van der Waals surface area contributed by atoms with E-state index in [4.69, 9.17) is 0 Å². The van der Waals surface area contributed by atoms with E-state index in [0.717, 1.165) is 40.1 Å². The highest BCUT2D eigenvalue weighted by molar-refractivity contribution is 5.80. The van der Waals surface area contributed by atoms with E-state index in [2.05, 4.69) is 50.6 Å². The Labute approximate surface area is 139 Å². The van der Waals surface area contributed by atoms with Gasteiger partial charge in [0.05, 0.1) is 29.1 Å². The fourth-order valence-corrected chi connectivity index (χ4v) is 2.79. The van der Waals surface area contributed by atoms with Gasteiger partial charge < -0.3 is 0 Å². The molecule has 0 aliphatic carbocycles. The maximum Gasteiger partial charge on any atom is 0.131 e. The van der Waals surface area contributed by atoms with Crippen LogP contribution in [0.1, 0.15) is 24.4 Å². The van der Waals surface area contributed by atoms with Crippen molar-refractivity contribution < 1.29 is 0 Å². The smallest absolute Gasteiger partial charge is 0.131 e. The molecule has 0 aliphatic rings. The molecule has 3 aromatic heterocycles. The predicted molar refractivity (Wildman–Crippen MR) is 92.5 cm³/mol. The Morgan fingerprint density at radius 3 is 2.83 bits per heavy atom. The van der Waals surface area contributed by atoms with Crippen LogP contribution in [0.4, 0.5) is 0 Å². The van der Waals surface area contributed by atoms with Crippen molar-refractivity contribution in [3.63, 3.8) is 0 Å². The Hall–Kier alpha value is -3.02. The minimum absolute atomic E-state index is 0.175. The number of H-pyrrole nitrogens is 1. The van der Waals surface area contributed by atoms with Crippen LogP contribution in [0.5, 0.6) is 0 Å². The zero-order valence-corrected chi connectivity index (χ0v) is 13.6. The number of nitrogens with zero attached hydrogens (tertiary/aromatic N) is 5. The van der Waals surface area contributed by atoms with Crippen molar-refractivity contribution in [3.8, 4) is 11.4 Å². The van der Waals surface area contributed by atoms with E-state index in [0.29, 0.717) is 0 Å². The molecule has 0 spiro atoms. The third kappa shape index (κ3) is 2.78.